The third-order valence-electron chi connectivity index (χ3n) is 7.25. The van der Waals surface area contributed by atoms with Gasteiger partial charge in [0.15, 0.2) is 0 Å². The van der Waals surface area contributed by atoms with Crippen LogP contribution in [0.5, 0.6) is 0 Å². The summed E-state index contributed by atoms with van der Waals surface area (Å²) >= 11 is 1.82. The first-order chi connectivity index (χ1) is 18.4. The molecule has 37 heavy (non-hydrogen) atoms. The summed E-state index contributed by atoms with van der Waals surface area (Å²) in [5.74, 6) is 0. The molecule has 0 fully saturated rings. The van der Waals surface area contributed by atoms with Crippen LogP contribution >= 0.6 is 11.3 Å². The number of hydrogen-bond acceptors (Lipinski definition) is 3. The van der Waals surface area contributed by atoms with Crippen LogP contribution in [-0.2, 0) is 0 Å². The van der Waals surface area contributed by atoms with Gasteiger partial charge in [-0.05, 0) is 46.0 Å². The second-order valence-corrected chi connectivity index (χ2v) is 10.4. The second kappa shape index (κ2) is 7.95. The van der Waals surface area contributed by atoms with Gasteiger partial charge in [0.05, 0.1) is 21.6 Å². The lowest BCUT2D eigenvalue weighted by atomic mass is 9.93. The lowest BCUT2D eigenvalue weighted by molar-refractivity contribution is 1.30. The fraction of sp³-hybridized carbons (Fsp3) is 0. The summed E-state index contributed by atoms with van der Waals surface area (Å²) < 4.78 is 1.27. The van der Waals surface area contributed by atoms with E-state index in [1.807, 2.05) is 35.6 Å². The van der Waals surface area contributed by atoms with Crippen molar-refractivity contribution in [3.8, 4) is 55.2 Å². The van der Waals surface area contributed by atoms with Gasteiger partial charge in [0.2, 0.25) is 0 Å². The summed E-state index contributed by atoms with van der Waals surface area (Å²) in [4.78, 5) is 11.6. The molecular formula is C34H20N2S. The Morgan fingerprint density at radius 3 is 1.70 bits per heavy atom. The van der Waals surface area contributed by atoms with E-state index in [-0.39, 0.29) is 0 Å². The van der Waals surface area contributed by atoms with Crippen molar-refractivity contribution in [2.24, 2.45) is 0 Å². The SMILES string of the molecule is c1ccc(-c2nc3ccccc3nc2-c2sc3cccc4c3c2-c2ccccc2-c2ccccc2-4)cc1. The first-order valence-electron chi connectivity index (χ1n) is 12.4. The van der Waals surface area contributed by atoms with Crippen molar-refractivity contribution in [1.82, 2.24) is 9.97 Å². The van der Waals surface area contributed by atoms with E-state index in [0.717, 1.165) is 28.0 Å². The first-order valence-corrected chi connectivity index (χ1v) is 13.3. The Hall–Kier alpha value is -4.60. The molecule has 0 atom stereocenters. The molecule has 0 unspecified atom stereocenters. The molecule has 172 valence electrons. The summed E-state index contributed by atoms with van der Waals surface area (Å²) in [7, 11) is 0. The number of para-hydroxylation sites is 2. The zero-order valence-corrected chi connectivity index (χ0v) is 20.7. The van der Waals surface area contributed by atoms with Gasteiger partial charge < -0.3 is 0 Å². The Bertz CT molecular complexity index is 1990. The molecule has 3 heteroatoms. The molecule has 0 radical (unpaired) electrons. The lowest BCUT2D eigenvalue weighted by Crippen LogP contribution is -1.95. The van der Waals surface area contributed by atoms with Gasteiger partial charge in [-0.3, -0.25) is 0 Å². The Morgan fingerprint density at radius 1 is 0.432 bits per heavy atom. The third-order valence-corrected chi connectivity index (χ3v) is 8.41. The van der Waals surface area contributed by atoms with Crippen LogP contribution in [0.3, 0.4) is 0 Å². The molecule has 0 spiro atoms. The second-order valence-electron chi connectivity index (χ2n) is 9.35. The Balaban J connectivity index is 1.55. The van der Waals surface area contributed by atoms with E-state index in [1.165, 1.54) is 48.3 Å². The Kier molecular flexibility index (Phi) is 4.42. The molecule has 0 aliphatic heterocycles. The molecule has 0 saturated heterocycles. The van der Waals surface area contributed by atoms with Crippen LogP contribution in [-0.4, -0.2) is 9.97 Å². The van der Waals surface area contributed by atoms with Crippen molar-refractivity contribution in [2.75, 3.05) is 0 Å². The summed E-state index contributed by atoms with van der Waals surface area (Å²) in [6.45, 7) is 0. The highest BCUT2D eigenvalue weighted by Crippen LogP contribution is 2.54. The number of rotatable bonds is 2. The molecule has 0 amide bonds. The van der Waals surface area contributed by atoms with Gasteiger partial charge in [-0.2, -0.15) is 0 Å². The molecule has 7 aromatic rings. The maximum absolute atomic E-state index is 5.28. The standard InChI is InChI=1S/C34H20N2S/c1-2-11-21(12-3-1)32-33(36-28-19-9-8-18-27(28)35-32)34-31-26-16-7-6-15-24(26)22-13-4-5-14-23(22)25-17-10-20-29(37-34)30(25)31/h1-20H. The van der Waals surface area contributed by atoms with Crippen LogP contribution in [0.15, 0.2) is 121 Å². The zero-order valence-electron chi connectivity index (χ0n) is 19.8. The van der Waals surface area contributed by atoms with Crippen LogP contribution in [0, 0.1) is 0 Å². The van der Waals surface area contributed by atoms with E-state index >= 15 is 0 Å². The van der Waals surface area contributed by atoms with Gasteiger partial charge in [-0.15, -0.1) is 11.3 Å². The zero-order chi connectivity index (χ0) is 24.3. The summed E-state index contributed by atoms with van der Waals surface area (Å²) in [5.41, 5.74) is 12.3. The van der Waals surface area contributed by atoms with Gasteiger partial charge in [0, 0.05) is 21.2 Å². The van der Waals surface area contributed by atoms with Crippen molar-refractivity contribution in [1.29, 1.82) is 0 Å². The number of nitrogens with zero attached hydrogens (tertiary/aromatic N) is 2. The number of aromatic nitrogens is 2. The number of hydrogen-bond donors (Lipinski definition) is 0. The highest BCUT2D eigenvalue weighted by Gasteiger charge is 2.28. The first kappa shape index (κ1) is 20.6. The van der Waals surface area contributed by atoms with E-state index in [1.54, 1.807) is 0 Å². The molecular weight excluding hydrogens is 468 g/mol. The lowest BCUT2D eigenvalue weighted by Gasteiger charge is -2.13. The summed E-state index contributed by atoms with van der Waals surface area (Å²) in [6.07, 6.45) is 0. The minimum Gasteiger partial charge on any atom is -0.244 e. The Labute approximate surface area is 218 Å². The highest BCUT2D eigenvalue weighted by atomic mass is 32.1. The normalized spacial score (nSPS) is 11.8. The van der Waals surface area contributed by atoms with Crippen molar-refractivity contribution in [3.05, 3.63) is 121 Å². The molecule has 8 rings (SSSR count). The predicted molar refractivity (Wildman–Crippen MR) is 156 cm³/mol. The smallest absolute Gasteiger partial charge is 0.108 e. The molecule has 0 bridgehead atoms. The van der Waals surface area contributed by atoms with Crippen LogP contribution in [0.25, 0.3) is 76.3 Å². The van der Waals surface area contributed by atoms with Crippen LogP contribution in [0.1, 0.15) is 0 Å². The fourth-order valence-electron chi connectivity index (χ4n) is 5.64. The minimum atomic E-state index is 0.908. The van der Waals surface area contributed by atoms with E-state index in [9.17, 15) is 0 Å². The van der Waals surface area contributed by atoms with Gasteiger partial charge in [-0.25, -0.2) is 9.97 Å². The summed E-state index contributed by atoms with van der Waals surface area (Å²) in [5, 5.41) is 1.30. The molecule has 2 nitrogen and oxygen atoms in total. The average molecular weight is 489 g/mol. The molecule has 0 N–H and O–H groups in total. The van der Waals surface area contributed by atoms with Crippen LogP contribution in [0.4, 0.5) is 0 Å². The van der Waals surface area contributed by atoms with Crippen LogP contribution < -0.4 is 0 Å². The molecule has 5 aromatic carbocycles. The molecule has 1 aliphatic rings. The van der Waals surface area contributed by atoms with Crippen molar-refractivity contribution in [3.63, 3.8) is 0 Å². The minimum absolute atomic E-state index is 0.908. The van der Waals surface area contributed by atoms with E-state index in [0.29, 0.717) is 0 Å². The number of fused-ring (bicyclic) bond motifs is 6. The Morgan fingerprint density at radius 2 is 0.973 bits per heavy atom. The number of thiophene rings is 1. The van der Waals surface area contributed by atoms with E-state index in [4.69, 9.17) is 9.97 Å². The van der Waals surface area contributed by atoms with E-state index < -0.39 is 0 Å². The predicted octanol–water partition coefficient (Wildman–Crippen LogP) is 9.49. The van der Waals surface area contributed by atoms with Crippen molar-refractivity contribution in [2.45, 2.75) is 0 Å². The monoisotopic (exact) mass is 488 g/mol. The van der Waals surface area contributed by atoms with Gasteiger partial charge >= 0.3 is 0 Å². The molecule has 0 saturated carbocycles. The molecule has 2 heterocycles. The topological polar surface area (TPSA) is 25.8 Å². The van der Waals surface area contributed by atoms with Gasteiger partial charge in [0.1, 0.15) is 5.69 Å². The van der Waals surface area contributed by atoms with E-state index in [2.05, 4.69) is 97.1 Å². The molecule has 2 aromatic heterocycles. The highest BCUT2D eigenvalue weighted by molar-refractivity contribution is 7.23. The largest absolute Gasteiger partial charge is 0.244 e. The third kappa shape index (κ3) is 3.05. The molecule has 1 aliphatic carbocycles. The maximum Gasteiger partial charge on any atom is 0.108 e. The van der Waals surface area contributed by atoms with Gasteiger partial charge in [-0.1, -0.05) is 103 Å². The summed E-state index contributed by atoms with van der Waals surface area (Å²) in [6, 6.07) is 42.8. The van der Waals surface area contributed by atoms with Crippen molar-refractivity contribution >= 4 is 32.5 Å². The van der Waals surface area contributed by atoms with Crippen molar-refractivity contribution < 1.29 is 0 Å². The van der Waals surface area contributed by atoms with Gasteiger partial charge in [0.25, 0.3) is 0 Å². The fourth-order valence-corrected chi connectivity index (χ4v) is 6.87. The van der Waals surface area contributed by atoms with Crippen LogP contribution in [0.2, 0.25) is 0 Å². The average Bonchev–Trinajstić information content (AvgIpc) is 3.31. The number of benzene rings is 5. The quantitative estimate of drug-likeness (QED) is 0.242. The maximum atomic E-state index is 5.28.